The van der Waals surface area contributed by atoms with Crippen LogP contribution in [0.25, 0.3) is 6.08 Å². The van der Waals surface area contributed by atoms with Crippen LogP contribution in [0.3, 0.4) is 0 Å². The first kappa shape index (κ1) is 16.9. The SMILES string of the molecule is COc1ccc(C(=O)Oc2ccc3c(c2)C=CC(C)(C)O3)cc1OC. The van der Waals surface area contributed by atoms with Gasteiger partial charge < -0.3 is 18.9 Å². The molecule has 0 amide bonds. The van der Waals surface area contributed by atoms with Crippen LogP contribution in [-0.4, -0.2) is 25.8 Å². The Kier molecular flexibility index (Phi) is 4.40. The van der Waals surface area contributed by atoms with E-state index in [1.54, 1.807) is 43.5 Å². The lowest BCUT2D eigenvalue weighted by molar-refractivity contribution is 0.0733. The zero-order valence-corrected chi connectivity index (χ0v) is 14.7. The van der Waals surface area contributed by atoms with Crippen LogP contribution in [0.5, 0.6) is 23.0 Å². The second kappa shape index (κ2) is 6.51. The average molecular weight is 340 g/mol. The molecule has 130 valence electrons. The van der Waals surface area contributed by atoms with E-state index in [4.69, 9.17) is 18.9 Å². The molecule has 2 aromatic carbocycles. The Morgan fingerprint density at radius 1 is 1.00 bits per heavy atom. The minimum absolute atomic E-state index is 0.342. The predicted octanol–water partition coefficient (Wildman–Crippen LogP) is 4.11. The van der Waals surface area contributed by atoms with Crippen LogP contribution in [0.4, 0.5) is 0 Å². The molecule has 1 aliphatic heterocycles. The topological polar surface area (TPSA) is 54.0 Å². The van der Waals surface area contributed by atoms with Crippen LogP contribution in [0.15, 0.2) is 42.5 Å². The molecule has 5 nitrogen and oxygen atoms in total. The zero-order chi connectivity index (χ0) is 18.0. The van der Waals surface area contributed by atoms with E-state index in [-0.39, 0.29) is 5.60 Å². The number of ether oxygens (including phenoxy) is 4. The van der Waals surface area contributed by atoms with Crippen LogP contribution in [0, 0.1) is 0 Å². The summed E-state index contributed by atoms with van der Waals surface area (Å²) in [5, 5.41) is 0. The Balaban J connectivity index is 1.80. The molecule has 3 rings (SSSR count). The van der Waals surface area contributed by atoms with Gasteiger partial charge in [-0.1, -0.05) is 6.08 Å². The molecular formula is C20H20O5. The lowest BCUT2D eigenvalue weighted by atomic mass is 10.0. The van der Waals surface area contributed by atoms with Gasteiger partial charge in [0.25, 0.3) is 0 Å². The van der Waals surface area contributed by atoms with Crippen molar-refractivity contribution in [1.82, 2.24) is 0 Å². The van der Waals surface area contributed by atoms with E-state index >= 15 is 0 Å². The lowest BCUT2D eigenvalue weighted by Crippen LogP contribution is -2.27. The first-order chi connectivity index (χ1) is 11.9. The number of hydrogen-bond acceptors (Lipinski definition) is 5. The highest BCUT2D eigenvalue weighted by Crippen LogP contribution is 2.34. The quantitative estimate of drug-likeness (QED) is 0.619. The molecule has 1 heterocycles. The number of carbonyl (C=O) groups excluding carboxylic acids is 1. The molecule has 25 heavy (non-hydrogen) atoms. The Morgan fingerprint density at radius 2 is 1.76 bits per heavy atom. The van der Waals surface area contributed by atoms with Crippen molar-refractivity contribution in [2.45, 2.75) is 19.4 Å². The standard InChI is InChI=1S/C20H20O5/c1-20(2)10-9-13-11-15(6-8-16(13)25-20)24-19(21)14-5-7-17(22-3)18(12-14)23-4/h5-12H,1-4H3. The third kappa shape index (κ3) is 3.60. The van der Waals surface area contributed by atoms with Crippen molar-refractivity contribution in [2.24, 2.45) is 0 Å². The number of benzene rings is 2. The van der Waals surface area contributed by atoms with E-state index in [1.807, 2.05) is 26.0 Å². The van der Waals surface area contributed by atoms with Crippen molar-refractivity contribution in [3.05, 3.63) is 53.6 Å². The molecule has 0 aromatic heterocycles. The van der Waals surface area contributed by atoms with Crippen molar-refractivity contribution in [1.29, 1.82) is 0 Å². The smallest absolute Gasteiger partial charge is 0.343 e. The molecule has 0 atom stereocenters. The third-order valence-corrected chi connectivity index (χ3v) is 3.85. The second-order valence-corrected chi connectivity index (χ2v) is 6.20. The van der Waals surface area contributed by atoms with E-state index < -0.39 is 5.97 Å². The largest absolute Gasteiger partial charge is 0.493 e. The molecule has 0 unspecified atom stereocenters. The summed E-state index contributed by atoms with van der Waals surface area (Å²) in [7, 11) is 3.06. The molecule has 5 heteroatoms. The summed E-state index contributed by atoms with van der Waals surface area (Å²) in [4.78, 5) is 12.4. The molecule has 0 N–H and O–H groups in total. The second-order valence-electron chi connectivity index (χ2n) is 6.20. The number of rotatable bonds is 4. The Labute approximate surface area is 146 Å². The highest BCUT2D eigenvalue weighted by Gasteiger charge is 2.22. The number of methoxy groups -OCH3 is 2. The normalized spacial score (nSPS) is 14.2. The molecule has 1 aliphatic rings. The summed E-state index contributed by atoms with van der Waals surface area (Å²) >= 11 is 0. The fraction of sp³-hybridized carbons (Fsp3) is 0.250. The van der Waals surface area contributed by atoms with Crippen molar-refractivity contribution >= 4 is 12.0 Å². The first-order valence-electron chi connectivity index (χ1n) is 7.88. The number of carbonyl (C=O) groups is 1. The molecule has 0 saturated heterocycles. The van der Waals surface area contributed by atoms with E-state index in [1.165, 1.54) is 7.11 Å². The van der Waals surface area contributed by atoms with Crippen LogP contribution in [-0.2, 0) is 0 Å². The monoisotopic (exact) mass is 340 g/mol. The van der Waals surface area contributed by atoms with Gasteiger partial charge in [-0.2, -0.15) is 0 Å². The number of fused-ring (bicyclic) bond motifs is 1. The Hall–Kier alpha value is -2.95. The van der Waals surface area contributed by atoms with Crippen molar-refractivity contribution in [3.8, 4) is 23.0 Å². The molecule has 0 saturated carbocycles. The van der Waals surface area contributed by atoms with Crippen LogP contribution < -0.4 is 18.9 Å². The molecule has 0 bridgehead atoms. The van der Waals surface area contributed by atoms with Crippen LogP contribution >= 0.6 is 0 Å². The van der Waals surface area contributed by atoms with Gasteiger partial charge in [-0.05, 0) is 56.3 Å². The van der Waals surface area contributed by atoms with Gasteiger partial charge in [0.05, 0.1) is 19.8 Å². The Bertz CT molecular complexity index is 836. The van der Waals surface area contributed by atoms with Gasteiger partial charge in [0, 0.05) is 5.56 Å². The van der Waals surface area contributed by atoms with Gasteiger partial charge >= 0.3 is 5.97 Å². The maximum atomic E-state index is 12.4. The first-order valence-corrected chi connectivity index (χ1v) is 7.88. The minimum atomic E-state index is -0.470. The van der Waals surface area contributed by atoms with Gasteiger partial charge in [0.2, 0.25) is 0 Å². The van der Waals surface area contributed by atoms with E-state index in [2.05, 4.69) is 0 Å². The van der Waals surface area contributed by atoms with Crippen molar-refractivity contribution < 1.29 is 23.7 Å². The zero-order valence-electron chi connectivity index (χ0n) is 14.7. The summed E-state index contributed by atoms with van der Waals surface area (Å²) in [6.07, 6.45) is 3.93. The van der Waals surface area contributed by atoms with E-state index in [0.717, 1.165) is 11.3 Å². The summed E-state index contributed by atoms with van der Waals surface area (Å²) in [5.74, 6) is 1.77. The van der Waals surface area contributed by atoms with Gasteiger partial charge in [-0.15, -0.1) is 0 Å². The molecule has 0 radical (unpaired) electrons. The maximum absolute atomic E-state index is 12.4. The molecule has 0 fully saturated rings. The number of esters is 1. The minimum Gasteiger partial charge on any atom is -0.493 e. The van der Waals surface area contributed by atoms with E-state index in [0.29, 0.717) is 22.8 Å². The molecule has 0 aliphatic carbocycles. The van der Waals surface area contributed by atoms with Crippen molar-refractivity contribution in [2.75, 3.05) is 14.2 Å². The average Bonchev–Trinajstić information content (AvgIpc) is 2.60. The molecular weight excluding hydrogens is 320 g/mol. The molecule has 2 aromatic rings. The third-order valence-electron chi connectivity index (χ3n) is 3.85. The maximum Gasteiger partial charge on any atom is 0.343 e. The Morgan fingerprint density at radius 3 is 2.48 bits per heavy atom. The lowest BCUT2D eigenvalue weighted by Gasteiger charge is -2.27. The number of hydrogen-bond donors (Lipinski definition) is 0. The summed E-state index contributed by atoms with van der Waals surface area (Å²) in [6.45, 7) is 3.97. The predicted molar refractivity (Wildman–Crippen MR) is 94.7 cm³/mol. The van der Waals surface area contributed by atoms with Crippen LogP contribution in [0.2, 0.25) is 0 Å². The van der Waals surface area contributed by atoms with Gasteiger partial charge in [-0.3, -0.25) is 0 Å². The van der Waals surface area contributed by atoms with Gasteiger partial charge in [0.1, 0.15) is 17.1 Å². The molecule has 0 spiro atoms. The highest BCUT2D eigenvalue weighted by atomic mass is 16.5. The summed E-state index contributed by atoms with van der Waals surface area (Å²) in [5.41, 5.74) is 0.908. The van der Waals surface area contributed by atoms with Crippen LogP contribution in [0.1, 0.15) is 29.8 Å². The fourth-order valence-electron chi connectivity index (χ4n) is 2.55. The summed E-state index contributed by atoms with van der Waals surface area (Å²) < 4.78 is 21.7. The van der Waals surface area contributed by atoms with Gasteiger partial charge in [-0.25, -0.2) is 4.79 Å². The fourth-order valence-corrected chi connectivity index (χ4v) is 2.55. The van der Waals surface area contributed by atoms with Gasteiger partial charge in [0.15, 0.2) is 11.5 Å². The van der Waals surface area contributed by atoms with E-state index in [9.17, 15) is 4.79 Å². The van der Waals surface area contributed by atoms with Crippen molar-refractivity contribution in [3.63, 3.8) is 0 Å². The highest BCUT2D eigenvalue weighted by molar-refractivity contribution is 5.92. The summed E-state index contributed by atoms with van der Waals surface area (Å²) in [6, 6.07) is 10.2.